The molecule has 1 aromatic heterocycles. The van der Waals surface area contributed by atoms with E-state index in [4.69, 9.17) is 9.26 Å². The van der Waals surface area contributed by atoms with Gasteiger partial charge in [-0.3, -0.25) is 9.59 Å². The molecule has 1 unspecified atom stereocenters. The molecule has 1 heterocycles. The lowest BCUT2D eigenvalue weighted by atomic mass is 10.2. The number of ether oxygens (including phenoxy) is 1. The van der Waals surface area contributed by atoms with Gasteiger partial charge in [0.25, 0.3) is 5.91 Å². The molecule has 0 saturated heterocycles. The molecule has 0 saturated carbocycles. The first-order chi connectivity index (χ1) is 14.8. The van der Waals surface area contributed by atoms with Gasteiger partial charge >= 0.3 is 5.97 Å². The van der Waals surface area contributed by atoms with Crippen LogP contribution in [0.2, 0.25) is 0 Å². The van der Waals surface area contributed by atoms with Crippen LogP contribution < -0.4 is 10.2 Å². The van der Waals surface area contributed by atoms with Crippen LogP contribution in [0.15, 0.2) is 53.1 Å². The number of carbonyl (C=O) groups is 2. The first-order valence-electron chi connectivity index (χ1n) is 9.68. The van der Waals surface area contributed by atoms with Gasteiger partial charge in [0.05, 0.1) is 6.42 Å². The van der Waals surface area contributed by atoms with Crippen molar-refractivity contribution in [2.75, 3.05) is 24.3 Å². The number of nitrogens with zero attached hydrogens (tertiary/aromatic N) is 3. The van der Waals surface area contributed by atoms with Gasteiger partial charge in [0.15, 0.2) is 6.10 Å². The molecule has 1 amide bonds. The quantitative estimate of drug-likeness (QED) is 0.551. The van der Waals surface area contributed by atoms with Crippen LogP contribution in [0.4, 0.5) is 15.8 Å². The highest BCUT2D eigenvalue weighted by Crippen LogP contribution is 2.18. The van der Waals surface area contributed by atoms with Crippen LogP contribution in [-0.4, -0.2) is 42.2 Å². The Balaban J connectivity index is 1.46. The van der Waals surface area contributed by atoms with E-state index in [0.717, 1.165) is 5.69 Å². The van der Waals surface area contributed by atoms with E-state index >= 15 is 0 Å². The molecule has 162 valence electrons. The predicted molar refractivity (Wildman–Crippen MR) is 113 cm³/mol. The first-order valence-corrected chi connectivity index (χ1v) is 9.68. The van der Waals surface area contributed by atoms with Gasteiger partial charge in [-0.2, -0.15) is 4.98 Å². The lowest BCUT2D eigenvalue weighted by Crippen LogP contribution is -2.30. The second kappa shape index (κ2) is 9.84. The Labute approximate surface area is 179 Å². The number of nitrogens with one attached hydrogen (secondary N) is 1. The third-order valence-corrected chi connectivity index (χ3v) is 4.44. The van der Waals surface area contributed by atoms with Gasteiger partial charge in [-0.05, 0) is 55.5 Å². The number of rotatable bonds is 8. The Morgan fingerprint density at radius 1 is 1.13 bits per heavy atom. The fourth-order valence-corrected chi connectivity index (χ4v) is 2.68. The number of esters is 1. The van der Waals surface area contributed by atoms with Crippen LogP contribution in [0.5, 0.6) is 0 Å². The van der Waals surface area contributed by atoms with Crippen molar-refractivity contribution >= 4 is 23.3 Å². The highest BCUT2D eigenvalue weighted by Gasteiger charge is 2.19. The maximum absolute atomic E-state index is 13.0. The van der Waals surface area contributed by atoms with Gasteiger partial charge in [-0.25, -0.2) is 4.39 Å². The van der Waals surface area contributed by atoms with E-state index in [9.17, 15) is 14.0 Å². The maximum atomic E-state index is 13.0. The van der Waals surface area contributed by atoms with Gasteiger partial charge in [0.2, 0.25) is 11.7 Å². The number of aryl methyl sites for hydroxylation is 1. The van der Waals surface area contributed by atoms with Crippen molar-refractivity contribution in [2.24, 2.45) is 0 Å². The monoisotopic (exact) mass is 426 g/mol. The summed E-state index contributed by atoms with van der Waals surface area (Å²) in [6, 6.07) is 13.0. The molecule has 8 nitrogen and oxygen atoms in total. The van der Waals surface area contributed by atoms with Crippen LogP contribution in [0, 0.1) is 5.82 Å². The number of aromatic nitrogens is 2. The predicted octanol–water partition coefficient (Wildman–Crippen LogP) is 3.44. The molecule has 0 spiro atoms. The van der Waals surface area contributed by atoms with Crippen molar-refractivity contribution in [3.63, 3.8) is 0 Å². The average Bonchev–Trinajstić information content (AvgIpc) is 3.22. The molecule has 0 bridgehead atoms. The summed E-state index contributed by atoms with van der Waals surface area (Å²) in [7, 11) is 3.85. The molecule has 0 aliphatic heterocycles. The van der Waals surface area contributed by atoms with Crippen molar-refractivity contribution in [3.8, 4) is 11.4 Å². The molecule has 9 heteroatoms. The van der Waals surface area contributed by atoms with Crippen molar-refractivity contribution in [2.45, 2.75) is 25.9 Å². The van der Waals surface area contributed by atoms with Crippen LogP contribution >= 0.6 is 0 Å². The zero-order chi connectivity index (χ0) is 22.4. The second-order valence-electron chi connectivity index (χ2n) is 7.08. The van der Waals surface area contributed by atoms with E-state index in [-0.39, 0.29) is 24.5 Å². The summed E-state index contributed by atoms with van der Waals surface area (Å²) in [5, 5.41) is 6.53. The summed E-state index contributed by atoms with van der Waals surface area (Å²) < 4.78 is 23.3. The lowest BCUT2D eigenvalue weighted by molar-refractivity contribution is -0.153. The van der Waals surface area contributed by atoms with Crippen LogP contribution in [0.25, 0.3) is 11.4 Å². The van der Waals surface area contributed by atoms with E-state index in [0.29, 0.717) is 17.1 Å². The number of anilines is 2. The molecule has 3 aromatic rings. The molecule has 3 rings (SSSR count). The third kappa shape index (κ3) is 6.11. The highest BCUT2D eigenvalue weighted by atomic mass is 19.1. The summed E-state index contributed by atoms with van der Waals surface area (Å²) in [5.41, 5.74) is 2.21. The minimum absolute atomic E-state index is 0.0276. The molecule has 1 N–H and O–H groups in total. The maximum Gasteiger partial charge on any atom is 0.307 e. The standard InChI is InChI=1S/C22H23FN4O4/c1-14(22(29)24-17-8-10-18(11-9-17)27(2)3)30-20(28)13-12-19-25-21(26-31-19)15-4-6-16(23)7-5-15/h4-11,14H,12-13H2,1-3H3,(H,24,29). The number of benzene rings is 2. The largest absolute Gasteiger partial charge is 0.453 e. The van der Waals surface area contributed by atoms with E-state index in [1.165, 1.54) is 31.2 Å². The summed E-state index contributed by atoms with van der Waals surface area (Å²) in [4.78, 5) is 30.5. The summed E-state index contributed by atoms with van der Waals surface area (Å²) in [6.45, 7) is 1.50. The Kier molecular flexibility index (Phi) is 6.96. The smallest absolute Gasteiger partial charge is 0.307 e. The summed E-state index contributed by atoms with van der Waals surface area (Å²) >= 11 is 0. The van der Waals surface area contributed by atoms with E-state index < -0.39 is 18.0 Å². The number of halogens is 1. The van der Waals surface area contributed by atoms with Gasteiger partial charge in [-0.15, -0.1) is 0 Å². The highest BCUT2D eigenvalue weighted by molar-refractivity contribution is 5.95. The topological polar surface area (TPSA) is 97.6 Å². The molecule has 1 atom stereocenters. The zero-order valence-corrected chi connectivity index (χ0v) is 17.5. The molecule has 0 radical (unpaired) electrons. The summed E-state index contributed by atoms with van der Waals surface area (Å²) in [5.74, 6) is -0.806. The minimum atomic E-state index is -0.960. The molecule has 2 aromatic carbocycles. The van der Waals surface area contributed by atoms with Gasteiger partial charge in [0, 0.05) is 37.5 Å². The summed E-state index contributed by atoms with van der Waals surface area (Å²) in [6.07, 6.45) is -0.827. The SMILES string of the molecule is CC(OC(=O)CCc1nc(-c2ccc(F)cc2)no1)C(=O)Nc1ccc(N(C)C)cc1. The molecule has 0 aliphatic carbocycles. The fourth-order valence-electron chi connectivity index (χ4n) is 2.68. The number of hydrogen-bond acceptors (Lipinski definition) is 7. The first kappa shape index (κ1) is 21.9. The molecular formula is C22H23FN4O4. The zero-order valence-electron chi connectivity index (χ0n) is 17.5. The van der Waals surface area contributed by atoms with Gasteiger partial charge in [0.1, 0.15) is 5.82 Å². The Hall–Kier alpha value is -3.75. The van der Waals surface area contributed by atoms with E-state index in [1.54, 1.807) is 12.1 Å². The Morgan fingerprint density at radius 3 is 2.45 bits per heavy atom. The van der Waals surface area contributed by atoms with Crippen molar-refractivity contribution in [3.05, 3.63) is 60.2 Å². The lowest BCUT2D eigenvalue weighted by Gasteiger charge is -2.15. The molecule has 31 heavy (non-hydrogen) atoms. The van der Waals surface area contributed by atoms with E-state index in [1.807, 2.05) is 31.1 Å². The molecule has 0 fully saturated rings. The molecule has 0 aliphatic rings. The minimum Gasteiger partial charge on any atom is -0.453 e. The number of amides is 1. The van der Waals surface area contributed by atoms with Crippen LogP contribution in [-0.2, 0) is 20.7 Å². The fraction of sp³-hybridized carbons (Fsp3) is 0.273. The third-order valence-electron chi connectivity index (χ3n) is 4.44. The number of carbonyl (C=O) groups excluding carboxylic acids is 2. The normalized spacial score (nSPS) is 11.6. The molecular weight excluding hydrogens is 403 g/mol. The Bertz CT molecular complexity index is 1030. The van der Waals surface area contributed by atoms with Crippen molar-refractivity contribution in [1.82, 2.24) is 10.1 Å². The van der Waals surface area contributed by atoms with E-state index in [2.05, 4.69) is 15.5 Å². The number of hydrogen-bond donors (Lipinski definition) is 1. The average molecular weight is 426 g/mol. The Morgan fingerprint density at radius 2 is 1.81 bits per heavy atom. The second-order valence-corrected chi connectivity index (χ2v) is 7.08. The van der Waals surface area contributed by atoms with Crippen molar-refractivity contribution in [1.29, 1.82) is 0 Å². The van der Waals surface area contributed by atoms with Crippen molar-refractivity contribution < 1.29 is 23.2 Å². The van der Waals surface area contributed by atoms with Crippen LogP contribution in [0.3, 0.4) is 0 Å². The van der Waals surface area contributed by atoms with Gasteiger partial charge in [-0.1, -0.05) is 5.16 Å². The van der Waals surface area contributed by atoms with Gasteiger partial charge < -0.3 is 19.5 Å². The van der Waals surface area contributed by atoms with Crippen LogP contribution in [0.1, 0.15) is 19.2 Å².